The molecule has 1 aliphatic rings. The van der Waals surface area contributed by atoms with Crippen LogP contribution >= 0.6 is 35.0 Å². The van der Waals surface area contributed by atoms with E-state index in [1.807, 2.05) is 32.0 Å². The highest BCUT2D eigenvalue weighted by atomic mass is 35.5. The third kappa shape index (κ3) is 4.42. The van der Waals surface area contributed by atoms with E-state index in [2.05, 4.69) is 10.3 Å². The van der Waals surface area contributed by atoms with Gasteiger partial charge in [0.05, 0.1) is 15.6 Å². The van der Waals surface area contributed by atoms with Gasteiger partial charge in [-0.25, -0.2) is 4.99 Å². The first kappa shape index (κ1) is 19.8. The van der Waals surface area contributed by atoms with Crippen LogP contribution in [0.4, 0.5) is 5.69 Å². The molecule has 1 aromatic heterocycles. The zero-order valence-corrected chi connectivity index (χ0v) is 18.0. The summed E-state index contributed by atoms with van der Waals surface area (Å²) in [4.78, 5) is 17.3. The fourth-order valence-corrected chi connectivity index (χ4v) is 3.99. The Hall–Kier alpha value is -2.47. The van der Waals surface area contributed by atoms with Crippen LogP contribution in [0, 0.1) is 13.8 Å². The number of aryl methyl sites for hydroxylation is 2. The minimum absolute atomic E-state index is 0.212. The highest BCUT2D eigenvalue weighted by Gasteiger charge is 2.24. The molecule has 1 aliphatic heterocycles. The number of carbonyl (C=O) groups is 1. The van der Waals surface area contributed by atoms with Crippen molar-refractivity contribution < 1.29 is 9.21 Å². The second-order valence-corrected chi connectivity index (χ2v) is 8.45. The number of hydrogen-bond acceptors (Lipinski definition) is 4. The van der Waals surface area contributed by atoms with E-state index in [4.69, 9.17) is 27.6 Å². The molecule has 0 spiro atoms. The van der Waals surface area contributed by atoms with Crippen LogP contribution in [0.1, 0.15) is 16.9 Å². The van der Waals surface area contributed by atoms with Crippen molar-refractivity contribution in [3.63, 3.8) is 0 Å². The van der Waals surface area contributed by atoms with Crippen LogP contribution < -0.4 is 5.32 Å². The molecule has 0 radical (unpaired) electrons. The maximum atomic E-state index is 12.3. The van der Waals surface area contributed by atoms with Crippen LogP contribution in [0.25, 0.3) is 17.4 Å². The third-order valence-electron chi connectivity index (χ3n) is 4.47. The van der Waals surface area contributed by atoms with Crippen molar-refractivity contribution in [3.8, 4) is 11.3 Å². The van der Waals surface area contributed by atoms with Gasteiger partial charge >= 0.3 is 0 Å². The summed E-state index contributed by atoms with van der Waals surface area (Å²) in [5.41, 5.74) is 3.85. The van der Waals surface area contributed by atoms with Crippen molar-refractivity contribution in [3.05, 3.63) is 80.4 Å². The van der Waals surface area contributed by atoms with E-state index in [0.29, 0.717) is 37.2 Å². The molecule has 0 bridgehead atoms. The van der Waals surface area contributed by atoms with Gasteiger partial charge < -0.3 is 9.73 Å². The number of aliphatic imine (C=N–C) groups is 1. The average Bonchev–Trinajstić information content (AvgIpc) is 3.27. The maximum Gasteiger partial charge on any atom is 0.264 e. The number of carbonyl (C=O) groups excluding carboxylic acids is 1. The van der Waals surface area contributed by atoms with Gasteiger partial charge in [-0.1, -0.05) is 29.3 Å². The van der Waals surface area contributed by atoms with Crippen LogP contribution in [0.15, 0.2) is 62.8 Å². The molecule has 3 aromatic rings. The molecular weight excluding hydrogens is 427 g/mol. The fraction of sp³-hybridized carbons (Fsp3) is 0.0909. The van der Waals surface area contributed by atoms with Crippen molar-refractivity contribution in [2.24, 2.45) is 4.99 Å². The van der Waals surface area contributed by atoms with Gasteiger partial charge in [0.1, 0.15) is 11.5 Å². The molecule has 0 saturated carbocycles. The van der Waals surface area contributed by atoms with Crippen molar-refractivity contribution in [1.29, 1.82) is 0 Å². The number of amidine groups is 1. The lowest BCUT2D eigenvalue weighted by Gasteiger charge is -2.01. The lowest BCUT2D eigenvalue weighted by molar-refractivity contribution is -0.115. The van der Waals surface area contributed by atoms with Gasteiger partial charge in [-0.3, -0.25) is 4.79 Å². The highest BCUT2D eigenvalue weighted by Crippen LogP contribution is 2.34. The first-order valence-electron chi connectivity index (χ1n) is 8.81. The normalized spacial score (nSPS) is 16.6. The number of thioether (sulfide) groups is 1. The van der Waals surface area contributed by atoms with Crippen molar-refractivity contribution >= 4 is 57.8 Å². The number of amides is 1. The number of furan rings is 1. The minimum Gasteiger partial charge on any atom is -0.457 e. The third-order valence-corrected chi connectivity index (χ3v) is 5.94. The first-order chi connectivity index (χ1) is 13.9. The van der Waals surface area contributed by atoms with Crippen molar-refractivity contribution in [1.82, 2.24) is 5.32 Å². The predicted octanol–water partition coefficient (Wildman–Crippen LogP) is 6.76. The Morgan fingerprint density at radius 3 is 2.66 bits per heavy atom. The summed E-state index contributed by atoms with van der Waals surface area (Å²) < 4.78 is 5.85. The maximum absolute atomic E-state index is 12.3. The quantitative estimate of drug-likeness (QED) is 0.455. The number of rotatable bonds is 3. The summed E-state index contributed by atoms with van der Waals surface area (Å²) in [5.74, 6) is 0.911. The molecule has 4 nitrogen and oxygen atoms in total. The monoisotopic (exact) mass is 442 g/mol. The molecule has 0 unspecified atom stereocenters. The van der Waals surface area contributed by atoms with Gasteiger partial charge in [0.2, 0.25) is 0 Å². The smallest absolute Gasteiger partial charge is 0.264 e. The van der Waals surface area contributed by atoms with E-state index in [9.17, 15) is 4.79 Å². The van der Waals surface area contributed by atoms with Crippen LogP contribution in [0.2, 0.25) is 10.0 Å². The Kier molecular flexibility index (Phi) is 5.54. The lowest BCUT2D eigenvalue weighted by Crippen LogP contribution is -2.19. The standard InChI is InChI=1S/C22H16Cl2N2O2S/c1-12-3-5-15(9-13(12)2)25-22-26-21(27)20(29-22)11-16-6-8-19(28-16)17-10-14(23)4-7-18(17)24/h3-11H,1-2H3,(H,25,26,27). The highest BCUT2D eigenvalue weighted by molar-refractivity contribution is 8.18. The second kappa shape index (κ2) is 8.11. The Bertz CT molecular complexity index is 1180. The van der Waals surface area contributed by atoms with Crippen LogP contribution in [-0.2, 0) is 4.79 Å². The van der Waals surface area contributed by atoms with Crippen molar-refractivity contribution in [2.75, 3.05) is 0 Å². The number of halogens is 2. The zero-order chi connectivity index (χ0) is 20.5. The van der Waals surface area contributed by atoms with Gasteiger partial charge in [0.15, 0.2) is 5.17 Å². The molecule has 2 heterocycles. The van der Waals surface area contributed by atoms with E-state index in [1.165, 1.54) is 17.3 Å². The lowest BCUT2D eigenvalue weighted by atomic mass is 10.1. The molecule has 2 aromatic carbocycles. The number of benzene rings is 2. The van der Waals surface area contributed by atoms with Crippen LogP contribution in [0.3, 0.4) is 0 Å². The van der Waals surface area contributed by atoms with Gasteiger partial charge in [-0.05, 0) is 79.2 Å². The first-order valence-corrected chi connectivity index (χ1v) is 10.4. The zero-order valence-electron chi connectivity index (χ0n) is 15.6. The number of hydrogen-bond donors (Lipinski definition) is 1. The Labute approximate surface area is 182 Å². The summed E-state index contributed by atoms with van der Waals surface area (Å²) in [7, 11) is 0. The summed E-state index contributed by atoms with van der Waals surface area (Å²) in [6.45, 7) is 4.08. The minimum atomic E-state index is -0.212. The molecule has 1 amide bonds. The Morgan fingerprint density at radius 1 is 1.03 bits per heavy atom. The van der Waals surface area contributed by atoms with Gasteiger partial charge in [-0.2, -0.15) is 0 Å². The van der Waals surface area contributed by atoms with Gasteiger partial charge in [-0.15, -0.1) is 0 Å². The topological polar surface area (TPSA) is 54.6 Å². The van der Waals surface area contributed by atoms with Gasteiger partial charge in [0, 0.05) is 16.7 Å². The molecule has 4 rings (SSSR count). The summed E-state index contributed by atoms with van der Waals surface area (Å²) in [6, 6.07) is 14.7. The summed E-state index contributed by atoms with van der Waals surface area (Å²) in [5, 5.41) is 4.43. The van der Waals surface area contributed by atoms with Gasteiger partial charge in [0.25, 0.3) is 5.91 Å². The molecule has 29 heavy (non-hydrogen) atoms. The van der Waals surface area contributed by atoms with E-state index in [1.54, 1.807) is 36.4 Å². The molecule has 146 valence electrons. The number of nitrogens with one attached hydrogen (secondary N) is 1. The summed E-state index contributed by atoms with van der Waals surface area (Å²) in [6.07, 6.45) is 1.69. The molecule has 0 atom stereocenters. The molecule has 1 saturated heterocycles. The fourth-order valence-electron chi connectivity index (χ4n) is 2.78. The van der Waals surface area contributed by atoms with Crippen molar-refractivity contribution in [2.45, 2.75) is 13.8 Å². The molecule has 1 fully saturated rings. The van der Waals surface area contributed by atoms with E-state index in [-0.39, 0.29) is 5.91 Å². The number of nitrogens with zero attached hydrogens (tertiary/aromatic N) is 1. The van der Waals surface area contributed by atoms with Crippen LogP contribution in [-0.4, -0.2) is 11.1 Å². The Balaban J connectivity index is 1.57. The SMILES string of the molecule is Cc1ccc(N=C2NC(=O)C(=Cc3ccc(-c4cc(Cl)ccc4Cl)o3)S2)cc1C. The van der Waals surface area contributed by atoms with E-state index in [0.717, 1.165) is 11.3 Å². The van der Waals surface area contributed by atoms with Crippen LogP contribution in [0.5, 0.6) is 0 Å². The molecule has 7 heteroatoms. The molecule has 0 aliphatic carbocycles. The largest absolute Gasteiger partial charge is 0.457 e. The van der Waals surface area contributed by atoms with E-state index < -0.39 is 0 Å². The predicted molar refractivity (Wildman–Crippen MR) is 121 cm³/mol. The average molecular weight is 443 g/mol. The van der Waals surface area contributed by atoms with E-state index >= 15 is 0 Å². The summed E-state index contributed by atoms with van der Waals surface area (Å²) >= 11 is 13.6. The Morgan fingerprint density at radius 2 is 1.86 bits per heavy atom. The second-order valence-electron chi connectivity index (χ2n) is 6.58. The molecular formula is C22H16Cl2N2O2S. The molecule has 1 N–H and O–H groups in total.